The highest BCUT2D eigenvalue weighted by atomic mass is 28.4. The Kier molecular flexibility index (Phi) is 7.90. The lowest BCUT2D eigenvalue weighted by molar-refractivity contribution is -0.426. The first-order valence-electron chi connectivity index (χ1n) is 6.75. The van der Waals surface area contributed by atoms with Gasteiger partial charge in [-0.25, -0.2) is 8.78 Å². The second-order valence-electron chi connectivity index (χ2n) is 5.23. The summed E-state index contributed by atoms with van der Waals surface area (Å²) >= 11 is 0. The molecule has 0 aliphatic heterocycles. The van der Waals surface area contributed by atoms with Gasteiger partial charge >= 0.3 is 38.7 Å². The van der Waals surface area contributed by atoms with Gasteiger partial charge in [-0.05, 0) is 0 Å². The van der Waals surface area contributed by atoms with Crippen molar-refractivity contribution in [1.29, 1.82) is 0 Å². The van der Waals surface area contributed by atoms with Crippen LogP contribution < -0.4 is 0 Å². The molecule has 0 N–H and O–H groups in total. The number of rotatable bonds is 10. The van der Waals surface area contributed by atoms with Crippen LogP contribution in [0.25, 0.3) is 0 Å². The summed E-state index contributed by atoms with van der Waals surface area (Å²) in [4.78, 5) is 0. The number of alkyl halides is 13. The predicted octanol–water partition coefficient (Wildman–Crippen LogP) is 4.57. The van der Waals surface area contributed by atoms with E-state index < -0.39 is 57.1 Å². The van der Waals surface area contributed by atoms with Crippen LogP contribution in [0.5, 0.6) is 0 Å². The molecule has 0 spiro atoms. The first-order valence-corrected chi connectivity index (χ1v) is 8.55. The van der Waals surface area contributed by atoms with Gasteiger partial charge in [0.15, 0.2) is 12.0 Å². The van der Waals surface area contributed by atoms with Crippen molar-refractivity contribution in [3.63, 3.8) is 0 Å². The van der Waals surface area contributed by atoms with Gasteiger partial charge in [-0.15, -0.1) is 0 Å². The monoisotopic (exact) mass is 468 g/mol. The Hall–Kier alpha value is -0.813. The molecule has 17 heteroatoms. The lowest BCUT2D eigenvalue weighted by Gasteiger charge is -2.38. The quantitative estimate of drug-likeness (QED) is 0.347. The minimum atomic E-state index is -7.78. The van der Waals surface area contributed by atoms with Crippen LogP contribution in [0.4, 0.5) is 57.1 Å². The van der Waals surface area contributed by atoms with Crippen LogP contribution in [0.15, 0.2) is 0 Å². The molecule has 2 atom stereocenters. The van der Waals surface area contributed by atoms with Gasteiger partial charge in [-0.1, -0.05) is 0 Å². The average Bonchev–Trinajstić information content (AvgIpc) is 2.55. The highest BCUT2D eigenvalue weighted by molar-refractivity contribution is 6.62. The highest BCUT2D eigenvalue weighted by Crippen LogP contribution is 2.58. The Morgan fingerprint density at radius 3 is 1.29 bits per heavy atom. The Labute approximate surface area is 150 Å². The summed E-state index contributed by atoms with van der Waals surface area (Å²) < 4.78 is 182. The minimum absolute atomic E-state index is 0.670. The fourth-order valence-electron chi connectivity index (χ4n) is 1.89. The highest BCUT2D eigenvalue weighted by Gasteiger charge is 2.88. The molecule has 0 aromatic heterocycles. The first-order chi connectivity index (χ1) is 12.2. The van der Waals surface area contributed by atoms with E-state index in [0.29, 0.717) is 21.3 Å². The third-order valence-corrected chi connectivity index (χ3v) is 6.32. The SMILES string of the molecule is CO[Si](OC)(OC)C(F)CC(F)C(F)(F)C(F)(F)C(F)(F)C(F)(F)C(F)(F)F. The molecule has 170 valence electrons. The van der Waals surface area contributed by atoms with Gasteiger partial charge in [0.05, 0.1) is 0 Å². The van der Waals surface area contributed by atoms with Crippen molar-refractivity contribution in [2.45, 2.75) is 48.3 Å². The average molecular weight is 468 g/mol. The molecule has 28 heavy (non-hydrogen) atoms. The third-order valence-electron chi connectivity index (χ3n) is 3.61. The van der Waals surface area contributed by atoms with Crippen LogP contribution in [0.3, 0.4) is 0 Å². The maximum absolute atomic E-state index is 14.0. The summed E-state index contributed by atoms with van der Waals surface area (Å²) in [5, 5.41) is 0. The van der Waals surface area contributed by atoms with Gasteiger partial charge in [0.2, 0.25) is 0 Å². The van der Waals surface area contributed by atoms with E-state index in [1.54, 1.807) is 0 Å². The Morgan fingerprint density at radius 1 is 0.643 bits per heavy atom. The second-order valence-corrected chi connectivity index (χ2v) is 8.29. The van der Waals surface area contributed by atoms with Crippen molar-refractivity contribution in [3.8, 4) is 0 Å². The summed E-state index contributed by atoms with van der Waals surface area (Å²) in [5.74, 6) is -33.0. The molecule has 0 aliphatic carbocycles. The van der Waals surface area contributed by atoms with E-state index in [9.17, 15) is 57.1 Å². The van der Waals surface area contributed by atoms with Crippen molar-refractivity contribution < 1.29 is 70.4 Å². The molecule has 0 amide bonds. The van der Waals surface area contributed by atoms with Gasteiger partial charge in [-0.3, -0.25) is 0 Å². The lowest BCUT2D eigenvalue weighted by Crippen LogP contribution is -2.68. The van der Waals surface area contributed by atoms with Gasteiger partial charge in [0.1, 0.15) is 0 Å². The van der Waals surface area contributed by atoms with Crippen molar-refractivity contribution >= 4 is 8.80 Å². The van der Waals surface area contributed by atoms with Gasteiger partial charge < -0.3 is 13.3 Å². The van der Waals surface area contributed by atoms with E-state index in [1.165, 1.54) is 0 Å². The number of hydrogen-bond acceptors (Lipinski definition) is 3. The van der Waals surface area contributed by atoms with Crippen LogP contribution in [0.1, 0.15) is 6.42 Å². The maximum Gasteiger partial charge on any atom is 0.536 e. The third kappa shape index (κ3) is 4.07. The van der Waals surface area contributed by atoms with Gasteiger partial charge in [0, 0.05) is 27.8 Å². The van der Waals surface area contributed by atoms with Gasteiger partial charge in [0.25, 0.3) is 0 Å². The molecular weight excluding hydrogens is 455 g/mol. The molecule has 0 saturated heterocycles. The zero-order valence-corrected chi connectivity index (χ0v) is 15.0. The van der Waals surface area contributed by atoms with Crippen molar-refractivity contribution in [3.05, 3.63) is 0 Å². The van der Waals surface area contributed by atoms with E-state index >= 15 is 0 Å². The molecule has 0 fully saturated rings. The topological polar surface area (TPSA) is 27.7 Å². The van der Waals surface area contributed by atoms with Crippen LogP contribution in [-0.4, -0.2) is 72.0 Å². The molecule has 0 radical (unpaired) electrons. The van der Waals surface area contributed by atoms with Crippen LogP contribution in [-0.2, 0) is 13.3 Å². The first kappa shape index (κ1) is 27.2. The molecule has 0 aromatic rings. The predicted molar refractivity (Wildman–Crippen MR) is 67.0 cm³/mol. The van der Waals surface area contributed by atoms with Crippen LogP contribution in [0.2, 0.25) is 0 Å². The Balaban J connectivity index is 5.96. The largest absolute Gasteiger partial charge is 0.536 e. The summed E-state index contributed by atoms with van der Waals surface area (Å²) in [6, 6.07) is 0. The molecular formula is C11H13F13O3Si. The molecule has 0 aromatic carbocycles. The standard InChI is InChI=1S/C11H13F13O3Si/c1-25-28(26-2,27-3)6(13)4-5(12)7(14,15)8(16,17)9(18,19)10(20,21)11(22,23)24/h5-6H,4H2,1-3H3. The minimum Gasteiger partial charge on any atom is -0.375 e. The number of halogens is 13. The zero-order chi connectivity index (χ0) is 23.0. The van der Waals surface area contributed by atoms with Crippen molar-refractivity contribution in [1.82, 2.24) is 0 Å². The van der Waals surface area contributed by atoms with E-state index in [2.05, 4.69) is 13.3 Å². The molecule has 0 aliphatic rings. The van der Waals surface area contributed by atoms with Crippen LogP contribution >= 0.6 is 0 Å². The van der Waals surface area contributed by atoms with Crippen molar-refractivity contribution in [2.75, 3.05) is 21.3 Å². The van der Waals surface area contributed by atoms with E-state index in [1.807, 2.05) is 0 Å². The molecule has 3 nitrogen and oxygen atoms in total. The Morgan fingerprint density at radius 2 is 1.00 bits per heavy atom. The zero-order valence-electron chi connectivity index (χ0n) is 14.0. The summed E-state index contributed by atoms with van der Waals surface area (Å²) in [6.07, 6.45) is -14.4. The summed E-state index contributed by atoms with van der Waals surface area (Å²) in [5.41, 5.74) is 0. The second kappa shape index (κ2) is 8.14. The number of hydrogen-bond donors (Lipinski definition) is 0. The normalized spacial score (nSPS) is 17.6. The summed E-state index contributed by atoms with van der Waals surface area (Å²) in [7, 11) is -2.62. The fraction of sp³-hybridized carbons (Fsp3) is 1.00. The molecule has 0 bridgehead atoms. The molecule has 0 saturated carbocycles. The van der Waals surface area contributed by atoms with E-state index in [0.717, 1.165) is 0 Å². The van der Waals surface area contributed by atoms with Crippen LogP contribution in [0, 0.1) is 0 Å². The van der Waals surface area contributed by atoms with E-state index in [4.69, 9.17) is 0 Å². The fourth-order valence-corrected chi connectivity index (χ4v) is 3.65. The van der Waals surface area contributed by atoms with Crippen molar-refractivity contribution in [2.24, 2.45) is 0 Å². The molecule has 0 heterocycles. The Bertz CT molecular complexity index is 512. The molecule has 2 unspecified atom stereocenters. The smallest absolute Gasteiger partial charge is 0.375 e. The van der Waals surface area contributed by atoms with E-state index in [-0.39, 0.29) is 0 Å². The van der Waals surface area contributed by atoms with Gasteiger partial charge in [-0.2, -0.15) is 48.3 Å². The summed E-state index contributed by atoms with van der Waals surface area (Å²) in [6.45, 7) is 0. The lowest BCUT2D eigenvalue weighted by atomic mass is 9.94. The molecule has 0 rings (SSSR count). The maximum atomic E-state index is 14.0.